The summed E-state index contributed by atoms with van der Waals surface area (Å²) in [5.41, 5.74) is 1.85. The van der Waals surface area contributed by atoms with Crippen molar-refractivity contribution in [2.45, 2.75) is 26.3 Å². The number of aryl methyl sites for hydroxylation is 1. The first-order valence-electron chi connectivity index (χ1n) is 6.59. The molecule has 100 valence electrons. The SMILES string of the molecule is Cc1cccc2c(C(=O)O)nc(CN3CCCC3)n12. The van der Waals surface area contributed by atoms with E-state index in [9.17, 15) is 9.90 Å². The lowest BCUT2D eigenvalue weighted by molar-refractivity contribution is 0.0693. The molecule has 19 heavy (non-hydrogen) atoms. The van der Waals surface area contributed by atoms with Crippen LogP contribution in [0, 0.1) is 6.92 Å². The molecule has 1 aliphatic rings. The Labute approximate surface area is 111 Å². The van der Waals surface area contributed by atoms with Crippen molar-refractivity contribution in [2.24, 2.45) is 0 Å². The van der Waals surface area contributed by atoms with E-state index in [-0.39, 0.29) is 5.69 Å². The number of imidazole rings is 1. The number of aromatic nitrogens is 2. The molecule has 0 aromatic carbocycles. The lowest BCUT2D eigenvalue weighted by atomic mass is 10.3. The lowest BCUT2D eigenvalue weighted by Gasteiger charge is -2.14. The van der Waals surface area contributed by atoms with Gasteiger partial charge in [-0.1, -0.05) is 6.07 Å². The van der Waals surface area contributed by atoms with Gasteiger partial charge in [-0.25, -0.2) is 9.78 Å². The van der Waals surface area contributed by atoms with E-state index in [1.54, 1.807) is 0 Å². The number of aromatic carboxylic acids is 1. The van der Waals surface area contributed by atoms with E-state index in [0.29, 0.717) is 5.52 Å². The molecule has 1 N–H and O–H groups in total. The molecule has 3 rings (SSSR count). The largest absolute Gasteiger partial charge is 0.476 e. The standard InChI is InChI=1S/C14H17N3O2/c1-10-5-4-6-11-13(14(18)19)15-12(17(10)11)9-16-7-2-3-8-16/h4-6H,2-3,7-9H2,1H3,(H,18,19). The fourth-order valence-corrected chi connectivity index (χ4v) is 2.79. The van der Waals surface area contributed by atoms with Crippen LogP contribution in [-0.2, 0) is 6.54 Å². The highest BCUT2D eigenvalue weighted by atomic mass is 16.4. The van der Waals surface area contributed by atoms with Crippen molar-refractivity contribution in [3.8, 4) is 0 Å². The zero-order chi connectivity index (χ0) is 13.4. The minimum absolute atomic E-state index is 0.151. The maximum absolute atomic E-state index is 11.3. The first-order chi connectivity index (χ1) is 9.16. The van der Waals surface area contributed by atoms with Crippen LogP contribution >= 0.6 is 0 Å². The Kier molecular flexibility index (Phi) is 2.98. The van der Waals surface area contributed by atoms with Gasteiger partial charge in [-0.15, -0.1) is 0 Å². The van der Waals surface area contributed by atoms with E-state index < -0.39 is 5.97 Å². The number of nitrogens with zero attached hydrogens (tertiary/aromatic N) is 3. The van der Waals surface area contributed by atoms with Crippen molar-refractivity contribution in [3.63, 3.8) is 0 Å². The Balaban J connectivity index is 2.09. The average Bonchev–Trinajstić information content (AvgIpc) is 2.98. The molecule has 1 saturated heterocycles. The fourth-order valence-electron chi connectivity index (χ4n) is 2.79. The first kappa shape index (κ1) is 12.2. The van der Waals surface area contributed by atoms with Crippen molar-refractivity contribution in [3.05, 3.63) is 35.4 Å². The van der Waals surface area contributed by atoms with E-state index in [1.807, 2.05) is 29.5 Å². The number of likely N-dealkylation sites (tertiary alicyclic amines) is 1. The molecule has 1 fully saturated rings. The van der Waals surface area contributed by atoms with Gasteiger partial charge in [0.2, 0.25) is 0 Å². The van der Waals surface area contributed by atoms with Crippen LogP contribution in [0.15, 0.2) is 18.2 Å². The van der Waals surface area contributed by atoms with Gasteiger partial charge in [-0.3, -0.25) is 9.30 Å². The topological polar surface area (TPSA) is 57.8 Å². The third-order valence-corrected chi connectivity index (χ3v) is 3.69. The third kappa shape index (κ3) is 2.10. The summed E-state index contributed by atoms with van der Waals surface area (Å²) in [5, 5.41) is 9.26. The second-order valence-electron chi connectivity index (χ2n) is 5.05. The van der Waals surface area contributed by atoms with E-state index in [0.717, 1.165) is 31.2 Å². The van der Waals surface area contributed by atoms with Crippen LogP contribution in [0.3, 0.4) is 0 Å². The lowest BCUT2D eigenvalue weighted by Crippen LogP contribution is -2.20. The quantitative estimate of drug-likeness (QED) is 0.915. The summed E-state index contributed by atoms with van der Waals surface area (Å²) in [4.78, 5) is 17.9. The van der Waals surface area contributed by atoms with Crippen LogP contribution in [0.4, 0.5) is 0 Å². The molecule has 5 heteroatoms. The van der Waals surface area contributed by atoms with Gasteiger partial charge in [0, 0.05) is 5.69 Å². The highest BCUT2D eigenvalue weighted by Gasteiger charge is 2.20. The predicted octanol–water partition coefficient (Wildman–Crippen LogP) is 1.94. The summed E-state index contributed by atoms with van der Waals surface area (Å²) in [7, 11) is 0. The van der Waals surface area contributed by atoms with Crippen molar-refractivity contribution in [1.82, 2.24) is 14.3 Å². The molecule has 0 radical (unpaired) electrons. The van der Waals surface area contributed by atoms with Crippen LogP contribution in [0.5, 0.6) is 0 Å². The van der Waals surface area contributed by atoms with Crippen LogP contribution in [-0.4, -0.2) is 38.4 Å². The Morgan fingerprint density at radius 2 is 2.11 bits per heavy atom. The molecule has 0 spiro atoms. The molecule has 1 aliphatic heterocycles. The molecule has 2 aromatic rings. The molecular formula is C14H17N3O2. The van der Waals surface area contributed by atoms with Gasteiger partial charge >= 0.3 is 5.97 Å². The van der Waals surface area contributed by atoms with Crippen LogP contribution < -0.4 is 0 Å². The third-order valence-electron chi connectivity index (χ3n) is 3.69. The predicted molar refractivity (Wildman–Crippen MR) is 71.4 cm³/mol. The minimum Gasteiger partial charge on any atom is -0.476 e. The van der Waals surface area contributed by atoms with Crippen molar-refractivity contribution in [1.29, 1.82) is 0 Å². The Morgan fingerprint density at radius 3 is 2.79 bits per heavy atom. The smallest absolute Gasteiger partial charge is 0.356 e. The maximum Gasteiger partial charge on any atom is 0.356 e. The molecule has 0 unspecified atom stereocenters. The van der Waals surface area contributed by atoms with E-state index >= 15 is 0 Å². The van der Waals surface area contributed by atoms with Crippen LogP contribution in [0.1, 0.15) is 34.8 Å². The normalized spacial score (nSPS) is 16.3. The summed E-state index contributed by atoms with van der Waals surface area (Å²) < 4.78 is 1.96. The van der Waals surface area contributed by atoms with Gasteiger partial charge in [0.1, 0.15) is 5.82 Å². The molecule has 3 heterocycles. The Morgan fingerprint density at radius 1 is 1.37 bits per heavy atom. The highest BCUT2D eigenvalue weighted by molar-refractivity contribution is 5.93. The first-order valence-corrected chi connectivity index (χ1v) is 6.59. The summed E-state index contributed by atoms with van der Waals surface area (Å²) in [6.07, 6.45) is 2.43. The molecular weight excluding hydrogens is 242 g/mol. The zero-order valence-electron chi connectivity index (χ0n) is 11.0. The number of carbonyl (C=O) groups is 1. The number of pyridine rings is 1. The van der Waals surface area contributed by atoms with Crippen molar-refractivity contribution in [2.75, 3.05) is 13.1 Å². The molecule has 2 aromatic heterocycles. The van der Waals surface area contributed by atoms with E-state index in [1.165, 1.54) is 12.8 Å². The van der Waals surface area contributed by atoms with E-state index in [4.69, 9.17) is 0 Å². The van der Waals surface area contributed by atoms with Gasteiger partial charge in [0.05, 0.1) is 12.1 Å². The molecule has 0 atom stereocenters. The summed E-state index contributed by atoms with van der Waals surface area (Å²) in [6.45, 7) is 4.85. The van der Waals surface area contributed by atoms with Gasteiger partial charge in [0.25, 0.3) is 0 Å². The summed E-state index contributed by atoms with van der Waals surface area (Å²) in [5.74, 6) is -0.136. The number of carboxylic acids is 1. The number of fused-ring (bicyclic) bond motifs is 1. The monoisotopic (exact) mass is 259 g/mol. The van der Waals surface area contributed by atoms with Crippen LogP contribution in [0.2, 0.25) is 0 Å². The van der Waals surface area contributed by atoms with Crippen molar-refractivity contribution < 1.29 is 9.90 Å². The second-order valence-corrected chi connectivity index (χ2v) is 5.05. The van der Waals surface area contributed by atoms with Gasteiger partial charge in [0.15, 0.2) is 5.69 Å². The Bertz CT molecular complexity index is 627. The molecule has 0 saturated carbocycles. The zero-order valence-corrected chi connectivity index (χ0v) is 11.0. The van der Waals surface area contributed by atoms with Crippen LogP contribution in [0.25, 0.3) is 5.52 Å². The highest BCUT2D eigenvalue weighted by Crippen LogP contribution is 2.19. The van der Waals surface area contributed by atoms with Crippen molar-refractivity contribution >= 4 is 11.5 Å². The second kappa shape index (κ2) is 4.66. The average molecular weight is 259 g/mol. The number of hydrogen-bond acceptors (Lipinski definition) is 3. The van der Waals surface area contributed by atoms with E-state index in [2.05, 4.69) is 9.88 Å². The summed E-state index contributed by atoms with van der Waals surface area (Å²) >= 11 is 0. The molecule has 0 bridgehead atoms. The number of rotatable bonds is 3. The molecule has 0 aliphatic carbocycles. The molecule has 5 nitrogen and oxygen atoms in total. The van der Waals surface area contributed by atoms with Gasteiger partial charge in [-0.2, -0.15) is 0 Å². The number of hydrogen-bond donors (Lipinski definition) is 1. The van der Waals surface area contributed by atoms with Gasteiger partial charge in [-0.05, 0) is 45.0 Å². The maximum atomic E-state index is 11.3. The summed E-state index contributed by atoms with van der Waals surface area (Å²) in [6, 6.07) is 5.67. The minimum atomic E-state index is -0.962. The Hall–Kier alpha value is -1.88. The number of carboxylic acid groups (broad SMARTS) is 1. The molecule has 0 amide bonds. The fraction of sp³-hybridized carbons (Fsp3) is 0.429. The van der Waals surface area contributed by atoms with Gasteiger partial charge < -0.3 is 5.11 Å².